The van der Waals surface area contributed by atoms with Crippen LogP contribution < -0.4 is 10.2 Å². The maximum atomic E-state index is 12.9. The number of nitrogens with zero attached hydrogens (tertiary/aromatic N) is 2. The fourth-order valence-electron chi connectivity index (χ4n) is 2.60. The van der Waals surface area contributed by atoms with Crippen LogP contribution in [0.15, 0.2) is 47.6 Å². The molecule has 0 aliphatic carbocycles. The molecule has 30 heavy (non-hydrogen) atoms. The summed E-state index contributed by atoms with van der Waals surface area (Å²) in [5.41, 5.74) is 3.08. The predicted octanol–water partition coefficient (Wildman–Crippen LogP) is 5.44. The summed E-state index contributed by atoms with van der Waals surface area (Å²) < 4.78 is 44.1. The molecule has 0 heterocycles. The largest absolute Gasteiger partial charge is 0.484 e. The highest BCUT2D eigenvalue weighted by Gasteiger charge is 2.30. The van der Waals surface area contributed by atoms with Crippen molar-refractivity contribution in [2.45, 2.75) is 26.9 Å². The van der Waals surface area contributed by atoms with Crippen LogP contribution in [0.3, 0.4) is 0 Å². The summed E-state index contributed by atoms with van der Waals surface area (Å²) >= 11 is 5.95. The minimum absolute atomic E-state index is 0.0519. The molecule has 2 rings (SSSR count). The van der Waals surface area contributed by atoms with Crippen LogP contribution in [0.25, 0.3) is 0 Å². The highest BCUT2D eigenvalue weighted by Crippen LogP contribution is 2.33. The topological polar surface area (TPSA) is 53.9 Å². The Balaban J connectivity index is 2.03. The maximum absolute atomic E-state index is 12.9. The van der Waals surface area contributed by atoms with Crippen molar-refractivity contribution in [1.82, 2.24) is 4.90 Å². The van der Waals surface area contributed by atoms with Gasteiger partial charge in [0.2, 0.25) is 0 Å². The van der Waals surface area contributed by atoms with Gasteiger partial charge in [0.25, 0.3) is 5.91 Å². The Bertz CT molecular complexity index is 895. The van der Waals surface area contributed by atoms with E-state index in [1.165, 1.54) is 6.07 Å². The van der Waals surface area contributed by atoms with Crippen LogP contribution in [-0.4, -0.2) is 36.2 Å². The van der Waals surface area contributed by atoms with Crippen LogP contribution in [0.2, 0.25) is 5.02 Å². The van der Waals surface area contributed by atoms with Gasteiger partial charge in [-0.3, -0.25) is 10.2 Å². The van der Waals surface area contributed by atoms with E-state index in [1.807, 2.05) is 13.8 Å². The van der Waals surface area contributed by atoms with Crippen LogP contribution in [0, 0.1) is 0 Å². The standard InChI is InChI=1S/C21H23ClF3N3O2/c1-4-28(5-2)20(29)13-30-17-9-6-15(7-10-17)14(3)26-27-19-12-16(21(23,24)25)8-11-18(19)22/h6-12,27H,4-5,13H2,1-3H3/b26-14+. The van der Waals surface area contributed by atoms with Crippen molar-refractivity contribution in [3.05, 3.63) is 58.6 Å². The van der Waals surface area contributed by atoms with Crippen molar-refractivity contribution in [3.8, 4) is 5.75 Å². The Hall–Kier alpha value is -2.74. The van der Waals surface area contributed by atoms with Gasteiger partial charge in [0.05, 0.1) is 22.0 Å². The Kier molecular flexibility index (Phi) is 8.11. The first-order chi connectivity index (χ1) is 14.2. The van der Waals surface area contributed by atoms with Crippen LogP contribution in [0.1, 0.15) is 31.9 Å². The molecule has 9 heteroatoms. The summed E-state index contributed by atoms with van der Waals surface area (Å²) in [7, 11) is 0. The number of carbonyl (C=O) groups is 1. The molecule has 162 valence electrons. The number of hydrogen-bond donors (Lipinski definition) is 1. The van der Waals surface area contributed by atoms with Gasteiger partial charge in [-0.2, -0.15) is 18.3 Å². The van der Waals surface area contributed by atoms with Gasteiger partial charge in [-0.1, -0.05) is 11.6 Å². The molecule has 0 bridgehead atoms. The molecule has 0 radical (unpaired) electrons. The smallest absolute Gasteiger partial charge is 0.416 e. The number of ether oxygens (including phenoxy) is 1. The molecule has 0 aliphatic rings. The second-order valence-electron chi connectivity index (χ2n) is 6.38. The number of anilines is 1. The first-order valence-corrected chi connectivity index (χ1v) is 9.71. The van der Waals surface area contributed by atoms with Crippen molar-refractivity contribution in [2.75, 3.05) is 25.1 Å². The number of rotatable bonds is 8. The minimum atomic E-state index is -4.47. The maximum Gasteiger partial charge on any atom is 0.416 e. The number of carbonyl (C=O) groups excluding carboxylic acids is 1. The molecule has 0 aromatic heterocycles. The van der Waals surface area contributed by atoms with Gasteiger partial charge < -0.3 is 9.64 Å². The van der Waals surface area contributed by atoms with Gasteiger partial charge >= 0.3 is 6.18 Å². The molecular formula is C21H23ClF3N3O2. The number of benzene rings is 2. The molecule has 0 saturated heterocycles. The van der Waals surface area contributed by atoms with Crippen molar-refractivity contribution in [1.29, 1.82) is 0 Å². The summed E-state index contributed by atoms with van der Waals surface area (Å²) in [6, 6.07) is 9.86. The van der Waals surface area contributed by atoms with Crippen molar-refractivity contribution < 1.29 is 22.7 Å². The lowest BCUT2D eigenvalue weighted by atomic mass is 10.1. The van der Waals surface area contributed by atoms with Crippen LogP contribution in [0.4, 0.5) is 18.9 Å². The third-order valence-electron chi connectivity index (χ3n) is 4.39. The van der Waals surface area contributed by atoms with Crippen molar-refractivity contribution in [3.63, 3.8) is 0 Å². The van der Waals surface area contributed by atoms with Crippen molar-refractivity contribution >= 4 is 28.9 Å². The van der Waals surface area contributed by atoms with Gasteiger partial charge in [-0.15, -0.1) is 0 Å². The first-order valence-electron chi connectivity index (χ1n) is 9.33. The number of nitrogens with one attached hydrogen (secondary N) is 1. The highest BCUT2D eigenvalue weighted by atomic mass is 35.5. The molecular weight excluding hydrogens is 419 g/mol. The second-order valence-corrected chi connectivity index (χ2v) is 6.79. The highest BCUT2D eigenvalue weighted by molar-refractivity contribution is 6.33. The molecule has 0 spiro atoms. The zero-order chi connectivity index (χ0) is 22.3. The SMILES string of the molecule is CCN(CC)C(=O)COc1ccc(/C(C)=N/Nc2cc(C(F)(F)F)ccc2Cl)cc1. The molecule has 0 unspecified atom stereocenters. The Morgan fingerprint density at radius 2 is 1.77 bits per heavy atom. The third kappa shape index (κ3) is 6.38. The Labute approximate surface area is 178 Å². The molecule has 5 nitrogen and oxygen atoms in total. The molecule has 0 atom stereocenters. The Morgan fingerprint density at radius 3 is 2.33 bits per heavy atom. The van der Waals surface area contributed by atoms with Crippen LogP contribution in [0.5, 0.6) is 5.75 Å². The van der Waals surface area contributed by atoms with Gasteiger partial charge in [-0.25, -0.2) is 0 Å². The summed E-state index contributed by atoms with van der Waals surface area (Å²) in [5, 5.41) is 4.24. The van der Waals surface area contributed by atoms with Gasteiger partial charge in [0.1, 0.15) is 5.75 Å². The summed E-state index contributed by atoms with van der Waals surface area (Å²) in [6.45, 7) is 6.70. The second kappa shape index (κ2) is 10.3. The van der Waals surface area contributed by atoms with Crippen molar-refractivity contribution in [2.24, 2.45) is 5.10 Å². The van der Waals surface area contributed by atoms with Gasteiger partial charge in [0.15, 0.2) is 6.61 Å². The lowest BCUT2D eigenvalue weighted by Gasteiger charge is -2.18. The number of amides is 1. The third-order valence-corrected chi connectivity index (χ3v) is 4.72. The number of likely N-dealkylation sites (N-methyl/N-ethyl adjacent to an activating group) is 1. The predicted molar refractivity (Wildman–Crippen MR) is 112 cm³/mol. The molecule has 0 fully saturated rings. The zero-order valence-corrected chi connectivity index (χ0v) is 17.6. The normalized spacial score (nSPS) is 11.9. The molecule has 2 aromatic rings. The molecule has 1 N–H and O–H groups in total. The average Bonchev–Trinajstić information content (AvgIpc) is 2.71. The van der Waals surface area contributed by atoms with Gasteiger partial charge in [0, 0.05) is 13.1 Å². The van der Waals surface area contributed by atoms with E-state index in [0.29, 0.717) is 24.6 Å². The molecule has 0 saturated carbocycles. The summed E-state index contributed by atoms with van der Waals surface area (Å²) in [5.74, 6) is 0.435. The lowest BCUT2D eigenvalue weighted by Crippen LogP contribution is -2.34. The number of hydrogen-bond acceptors (Lipinski definition) is 4. The number of hydrazone groups is 1. The molecule has 0 aliphatic heterocycles. The van der Waals surface area contributed by atoms with E-state index in [0.717, 1.165) is 17.7 Å². The van der Waals surface area contributed by atoms with E-state index in [4.69, 9.17) is 16.3 Å². The average molecular weight is 442 g/mol. The fourth-order valence-corrected chi connectivity index (χ4v) is 2.76. The monoisotopic (exact) mass is 441 g/mol. The van der Waals surface area contributed by atoms with E-state index in [2.05, 4.69) is 10.5 Å². The van der Waals surface area contributed by atoms with E-state index < -0.39 is 11.7 Å². The molecule has 2 aromatic carbocycles. The van der Waals surface area contributed by atoms with Crippen LogP contribution in [-0.2, 0) is 11.0 Å². The van der Waals surface area contributed by atoms with E-state index in [1.54, 1.807) is 36.1 Å². The summed E-state index contributed by atoms with van der Waals surface area (Å²) in [6.07, 6.45) is -4.47. The van der Waals surface area contributed by atoms with Crippen LogP contribution >= 0.6 is 11.6 Å². The fraction of sp³-hybridized carbons (Fsp3) is 0.333. The minimum Gasteiger partial charge on any atom is -0.484 e. The Morgan fingerprint density at radius 1 is 1.13 bits per heavy atom. The van der Waals surface area contributed by atoms with E-state index >= 15 is 0 Å². The van der Waals surface area contributed by atoms with E-state index in [-0.39, 0.29) is 23.2 Å². The molecule has 1 amide bonds. The van der Waals surface area contributed by atoms with Gasteiger partial charge in [-0.05, 0) is 68.8 Å². The zero-order valence-electron chi connectivity index (χ0n) is 16.9. The lowest BCUT2D eigenvalue weighted by molar-refractivity contribution is -0.137. The summed E-state index contributed by atoms with van der Waals surface area (Å²) in [4.78, 5) is 13.7. The van der Waals surface area contributed by atoms with E-state index in [9.17, 15) is 18.0 Å². The first kappa shape index (κ1) is 23.5. The number of halogens is 4. The quantitative estimate of drug-likeness (QED) is 0.438. The number of alkyl halides is 3.